The lowest BCUT2D eigenvalue weighted by molar-refractivity contribution is 0.570. The van der Waals surface area contributed by atoms with Gasteiger partial charge in [0.15, 0.2) is 9.84 Å². The summed E-state index contributed by atoms with van der Waals surface area (Å²) < 4.78 is 50.3. The van der Waals surface area contributed by atoms with Gasteiger partial charge in [-0.25, -0.2) is 21.6 Å². The first-order chi connectivity index (χ1) is 8.83. The smallest absolute Gasteiger partial charge is 0.229 e. The second kappa shape index (κ2) is 5.51. The van der Waals surface area contributed by atoms with Gasteiger partial charge in [0.2, 0.25) is 10.0 Å². The molecule has 0 radical (unpaired) electrons. The van der Waals surface area contributed by atoms with Crippen LogP contribution in [0.2, 0.25) is 0 Å². The number of halogens is 1. The third-order valence-corrected chi connectivity index (χ3v) is 7.80. The van der Waals surface area contributed by atoms with Crippen LogP contribution in [0.15, 0.2) is 33.6 Å². The Morgan fingerprint density at radius 3 is 2.58 bits per heavy atom. The van der Waals surface area contributed by atoms with Crippen LogP contribution < -0.4 is 4.72 Å². The van der Waals surface area contributed by atoms with E-state index in [1.54, 1.807) is 18.2 Å². The molecule has 1 heterocycles. The molecule has 8 heteroatoms. The van der Waals surface area contributed by atoms with E-state index in [1.165, 1.54) is 6.07 Å². The molecule has 0 saturated carbocycles. The lowest BCUT2D eigenvalue weighted by atomic mass is 10.2. The van der Waals surface area contributed by atoms with Crippen LogP contribution in [0.4, 0.5) is 0 Å². The SMILES string of the molecule is O=S(=O)(NC[C@H]1CCCS1(=O)=O)c1ccccc1Br. The fourth-order valence-corrected chi connectivity index (χ4v) is 5.98. The molecule has 1 atom stereocenters. The van der Waals surface area contributed by atoms with Crippen LogP contribution in [0.3, 0.4) is 0 Å². The highest BCUT2D eigenvalue weighted by atomic mass is 79.9. The highest BCUT2D eigenvalue weighted by Crippen LogP contribution is 2.23. The van der Waals surface area contributed by atoms with Crippen LogP contribution in [0.25, 0.3) is 0 Å². The topological polar surface area (TPSA) is 80.3 Å². The minimum Gasteiger partial charge on any atom is -0.229 e. The molecule has 0 bridgehead atoms. The maximum atomic E-state index is 12.1. The molecule has 0 aliphatic carbocycles. The van der Waals surface area contributed by atoms with E-state index >= 15 is 0 Å². The van der Waals surface area contributed by atoms with E-state index < -0.39 is 25.1 Å². The zero-order valence-corrected chi connectivity index (χ0v) is 13.3. The van der Waals surface area contributed by atoms with E-state index in [4.69, 9.17) is 0 Å². The summed E-state index contributed by atoms with van der Waals surface area (Å²) in [5, 5.41) is -0.607. The Hall–Kier alpha value is -0.440. The third-order valence-electron chi connectivity index (χ3n) is 3.09. The Kier molecular flexibility index (Phi) is 4.34. The van der Waals surface area contributed by atoms with Crippen LogP contribution in [0, 0.1) is 0 Å². The lowest BCUT2D eigenvalue weighted by Gasteiger charge is -2.12. The zero-order valence-electron chi connectivity index (χ0n) is 10.0. The lowest BCUT2D eigenvalue weighted by Crippen LogP contribution is -2.34. The van der Waals surface area contributed by atoms with Crippen molar-refractivity contribution in [3.05, 3.63) is 28.7 Å². The minimum atomic E-state index is -3.69. The number of sulfonamides is 1. The highest BCUT2D eigenvalue weighted by molar-refractivity contribution is 9.10. The van der Waals surface area contributed by atoms with Gasteiger partial charge in [-0.05, 0) is 40.9 Å². The van der Waals surface area contributed by atoms with Gasteiger partial charge < -0.3 is 0 Å². The van der Waals surface area contributed by atoms with Gasteiger partial charge in [0.05, 0.1) is 15.9 Å². The van der Waals surface area contributed by atoms with E-state index in [1.807, 2.05) is 0 Å². The van der Waals surface area contributed by atoms with Crippen molar-refractivity contribution in [1.29, 1.82) is 0 Å². The summed E-state index contributed by atoms with van der Waals surface area (Å²) in [5.41, 5.74) is 0. The molecule has 5 nitrogen and oxygen atoms in total. The van der Waals surface area contributed by atoms with Crippen LogP contribution in [-0.4, -0.2) is 34.4 Å². The number of hydrogen-bond donors (Lipinski definition) is 1. The van der Waals surface area contributed by atoms with Gasteiger partial charge in [-0.15, -0.1) is 0 Å². The van der Waals surface area contributed by atoms with E-state index in [0.717, 1.165) is 0 Å². The number of benzene rings is 1. The van der Waals surface area contributed by atoms with Gasteiger partial charge in [0.1, 0.15) is 0 Å². The molecule has 0 aromatic heterocycles. The Labute approximate surface area is 121 Å². The van der Waals surface area contributed by atoms with Crippen molar-refractivity contribution < 1.29 is 16.8 Å². The van der Waals surface area contributed by atoms with Gasteiger partial charge in [-0.1, -0.05) is 12.1 Å². The molecule has 0 amide bonds. The second-order valence-electron chi connectivity index (χ2n) is 4.41. The number of sulfone groups is 1. The van der Waals surface area contributed by atoms with Gasteiger partial charge in [0.25, 0.3) is 0 Å². The highest BCUT2D eigenvalue weighted by Gasteiger charge is 2.32. The molecule has 0 unspecified atom stereocenters. The van der Waals surface area contributed by atoms with Crippen molar-refractivity contribution in [1.82, 2.24) is 4.72 Å². The standard InChI is InChI=1S/C11H14BrNO4S2/c12-10-5-1-2-6-11(10)19(16,17)13-8-9-4-3-7-18(9,14)15/h1-2,5-6,9,13H,3-4,7-8H2/t9-/m1/s1. The Balaban J connectivity index is 2.13. The monoisotopic (exact) mass is 367 g/mol. The van der Waals surface area contributed by atoms with E-state index in [-0.39, 0.29) is 17.2 Å². The number of nitrogens with one attached hydrogen (secondary N) is 1. The fourth-order valence-electron chi connectivity index (χ4n) is 2.03. The summed E-state index contributed by atoms with van der Waals surface area (Å²) >= 11 is 3.17. The molecule has 1 aromatic rings. The Morgan fingerprint density at radius 2 is 2.00 bits per heavy atom. The second-order valence-corrected chi connectivity index (χ2v) is 9.40. The molecule has 1 aromatic carbocycles. The molecule has 2 rings (SSSR count). The maximum absolute atomic E-state index is 12.1. The summed E-state index contributed by atoms with van der Waals surface area (Å²) in [6, 6.07) is 6.42. The first-order valence-electron chi connectivity index (χ1n) is 5.79. The molecule has 1 aliphatic heterocycles. The Bertz CT molecular complexity index is 670. The van der Waals surface area contributed by atoms with Gasteiger partial charge in [-0.2, -0.15) is 0 Å². The van der Waals surface area contributed by atoms with Crippen molar-refractivity contribution >= 4 is 35.8 Å². The molecular formula is C11H14BrNO4S2. The first kappa shape index (κ1) is 15.0. The Morgan fingerprint density at radius 1 is 1.32 bits per heavy atom. The van der Waals surface area contributed by atoms with Gasteiger partial charge in [-0.3, -0.25) is 0 Å². The molecule has 19 heavy (non-hydrogen) atoms. The quantitative estimate of drug-likeness (QED) is 0.869. The summed E-state index contributed by atoms with van der Waals surface area (Å²) in [5.74, 6) is 0.147. The summed E-state index contributed by atoms with van der Waals surface area (Å²) in [6.07, 6.45) is 1.12. The van der Waals surface area contributed by atoms with Crippen molar-refractivity contribution in [2.75, 3.05) is 12.3 Å². The zero-order chi connectivity index (χ0) is 14.1. The predicted molar refractivity (Wildman–Crippen MR) is 76.1 cm³/mol. The van der Waals surface area contributed by atoms with Crippen molar-refractivity contribution in [2.24, 2.45) is 0 Å². The molecule has 0 spiro atoms. The molecule has 1 aliphatic rings. The van der Waals surface area contributed by atoms with Crippen molar-refractivity contribution in [2.45, 2.75) is 23.0 Å². The normalized spacial score (nSPS) is 22.5. The predicted octanol–water partition coefficient (Wildman–Crippen LogP) is 1.30. The summed E-state index contributed by atoms with van der Waals surface area (Å²) in [4.78, 5) is 0.116. The van der Waals surface area contributed by atoms with Crippen LogP contribution in [-0.2, 0) is 19.9 Å². The molecule has 106 valence electrons. The van der Waals surface area contributed by atoms with Crippen molar-refractivity contribution in [3.63, 3.8) is 0 Å². The van der Waals surface area contributed by atoms with E-state index in [0.29, 0.717) is 17.3 Å². The van der Waals surface area contributed by atoms with Crippen LogP contribution in [0.5, 0.6) is 0 Å². The summed E-state index contributed by atoms with van der Waals surface area (Å²) in [7, 11) is -6.83. The van der Waals surface area contributed by atoms with Crippen LogP contribution >= 0.6 is 15.9 Å². The van der Waals surface area contributed by atoms with Crippen LogP contribution in [0.1, 0.15) is 12.8 Å². The molecular weight excluding hydrogens is 354 g/mol. The first-order valence-corrected chi connectivity index (χ1v) is 9.78. The van der Waals surface area contributed by atoms with E-state index in [9.17, 15) is 16.8 Å². The van der Waals surface area contributed by atoms with Gasteiger partial charge >= 0.3 is 0 Å². The average Bonchev–Trinajstić information content (AvgIpc) is 2.66. The number of hydrogen-bond acceptors (Lipinski definition) is 4. The number of rotatable bonds is 4. The largest absolute Gasteiger partial charge is 0.241 e. The molecule has 1 fully saturated rings. The minimum absolute atomic E-state index is 0.0635. The summed E-state index contributed by atoms with van der Waals surface area (Å²) in [6.45, 7) is -0.0635. The van der Waals surface area contributed by atoms with E-state index in [2.05, 4.69) is 20.7 Å². The third kappa shape index (κ3) is 3.36. The maximum Gasteiger partial charge on any atom is 0.241 e. The average molecular weight is 368 g/mol. The van der Waals surface area contributed by atoms with Gasteiger partial charge in [0, 0.05) is 11.0 Å². The fraction of sp³-hybridized carbons (Fsp3) is 0.455. The molecule has 1 saturated heterocycles. The molecule has 1 N–H and O–H groups in total. The van der Waals surface area contributed by atoms with Crippen molar-refractivity contribution in [3.8, 4) is 0 Å².